The average Bonchev–Trinajstić information content (AvgIpc) is 3.59. The summed E-state index contributed by atoms with van der Waals surface area (Å²) in [5.74, 6) is 0.723. The van der Waals surface area contributed by atoms with Crippen LogP contribution in [0.15, 0.2) is 97.1 Å². The van der Waals surface area contributed by atoms with Gasteiger partial charge in [-0.1, -0.05) is 84.9 Å². The molecule has 0 aliphatic heterocycles. The third-order valence-electron chi connectivity index (χ3n) is 8.65. The molecule has 0 N–H and O–H groups in total. The minimum absolute atomic E-state index is 0.362. The number of benzene rings is 4. The quantitative estimate of drug-likeness (QED) is 0.253. The van der Waals surface area contributed by atoms with Gasteiger partial charge in [-0.3, -0.25) is 0 Å². The fourth-order valence-corrected chi connectivity index (χ4v) is 7.27. The molecule has 2 heterocycles. The van der Waals surface area contributed by atoms with Gasteiger partial charge in [0.1, 0.15) is 0 Å². The van der Waals surface area contributed by atoms with E-state index in [-0.39, 0.29) is 0 Å². The number of para-hydroxylation sites is 2. The topological polar surface area (TPSA) is 9.86 Å². The van der Waals surface area contributed by atoms with Crippen LogP contribution in [-0.2, 0) is 14.1 Å². The molecule has 0 fully saturated rings. The van der Waals surface area contributed by atoms with Gasteiger partial charge in [0.25, 0.3) is 0 Å². The van der Waals surface area contributed by atoms with Crippen molar-refractivity contribution in [1.29, 1.82) is 0 Å². The smallest absolute Gasteiger partial charge is 0.0486 e. The van der Waals surface area contributed by atoms with Gasteiger partial charge in [0.15, 0.2) is 0 Å². The summed E-state index contributed by atoms with van der Waals surface area (Å²) >= 11 is 0. The van der Waals surface area contributed by atoms with E-state index >= 15 is 0 Å². The van der Waals surface area contributed by atoms with Crippen LogP contribution in [0.2, 0.25) is 0 Å². The first kappa shape index (κ1) is 19.3. The standard InChI is InChI=1S/C33H26N2/c1-34-28-17-9-7-15-24(28)30-22-13-5-3-11-20(22)26(32(30)34)19-27-21-12-4-6-14-23(21)31-25-16-8-10-18-29(25)35(2)33(27)31/h3-18,26-27H,19H2,1-2H3. The molecule has 2 aliphatic carbocycles. The van der Waals surface area contributed by atoms with Crippen LogP contribution in [0.5, 0.6) is 0 Å². The molecule has 0 radical (unpaired) electrons. The minimum atomic E-state index is 0.362. The SMILES string of the molecule is Cn1c2c(c3ccccc31)-c1ccccc1C2CC1c2ccccc2-c2c1n(C)c1ccccc21. The van der Waals surface area contributed by atoms with Crippen molar-refractivity contribution in [2.45, 2.75) is 18.3 Å². The lowest BCUT2D eigenvalue weighted by Crippen LogP contribution is -2.11. The van der Waals surface area contributed by atoms with E-state index in [1.54, 1.807) is 0 Å². The molecule has 2 unspecified atom stereocenters. The van der Waals surface area contributed by atoms with Gasteiger partial charge in [-0.15, -0.1) is 0 Å². The molecular weight excluding hydrogens is 424 g/mol. The Morgan fingerprint density at radius 2 is 0.914 bits per heavy atom. The Bertz CT molecular complexity index is 1680. The molecule has 2 heteroatoms. The van der Waals surface area contributed by atoms with Crippen LogP contribution in [0, 0.1) is 0 Å². The minimum Gasteiger partial charge on any atom is -0.346 e. The van der Waals surface area contributed by atoms with E-state index in [1.165, 1.54) is 66.6 Å². The maximum Gasteiger partial charge on any atom is 0.0486 e. The molecule has 0 spiro atoms. The molecule has 0 saturated heterocycles. The lowest BCUT2D eigenvalue weighted by molar-refractivity contribution is 0.610. The highest BCUT2D eigenvalue weighted by atomic mass is 15.0. The Kier molecular flexibility index (Phi) is 3.73. The van der Waals surface area contributed by atoms with Crippen molar-refractivity contribution in [2.24, 2.45) is 14.1 Å². The third kappa shape index (κ3) is 2.34. The summed E-state index contributed by atoms with van der Waals surface area (Å²) in [4.78, 5) is 0. The summed E-state index contributed by atoms with van der Waals surface area (Å²) in [7, 11) is 4.51. The zero-order chi connectivity index (χ0) is 23.3. The number of fused-ring (bicyclic) bond motifs is 10. The molecule has 2 atom stereocenters. The maximum atomic E-state index is 2.46. The van der Waals surface area contributed by atoms with Crippen molar-refractivity contribution < 1.29 is 0 Å². The molecular formula is C33H26N2. The van der Waals surface area contributed by atoms with Crippen LogP contribution in [0.25, 0.3) is 44.1 Å². The van der Waals surface area contributed by atoms with Crippen LogP contribution in [0.3, 0.4) is 0 Å². The largest absolute Gasteiger partial charge is 0.346 e. The van der Waals surface area contributed by atoms with E-state index in [4.69, 9.17) is 0 Å². The van der Waals surface area contributed by atoms with Crippen LogP contribution in [0.1, 0.15) is 40.8 Å². The van der Waals surface area contributed by atoms with Gasteiger partial charge in [-0.2, -0.15) is 0 Å². The predicted octanol–water partition coefficient (Wildman–Crippen LogP) is 7.98. The zero-order valence-electron chi connectivity index (χ0n) is 20.0. The first-order valence-corrected chi connectivity index (χ1v) is 12.6. The summed E-state index contributed by atoms with van der Waals surface area (Å²) in [6, 6.07) is 36.0. The molecule has 0 amide bonds. The van der Waals surface area contributed by atoms with Crippen molar-refractivity contribution in [3.05, 3.63) is 120 Å². The summed E-state index contributed by atoms with van der Waals surface area (Å²) < 4.78 is 4.91. The average molecular weight is 451 g/mol. The second-order valence-corrected chi connectivity index (χ2v) is 10.2. The molecule has 168 valence electrons. The predicted molar refractivity (Wildman–Crippen MR) is 145 cm³/mol. The molecule has 35 heavy (non-hydrogen) atoms. The van der Waals surface area contributed by atoms with E-state index in [9.17, 15) is 0 Å². The Balaban J connectivity index is 1.38. The number of aromatic nitrogens is 2. The second kappa shape index (κ2) is 6.76. The molecule has 0 bridgehead atoms. The number of rotatable bonds is 2. The Morgan fingerprint density at radius 1 is 0.514 bits per heavy atom. The number of hydrogen-bond donors (Lipinski definition) is 0. The van der Waals surface area contributed by atoms with Gasteiger partial charge in [0.05, 0.1) is 0 Å². The number of hydrogen-bond acceptors (Lipinski definition) is 0. The normalized spacial score (nSPS) is 17.5. The highest BCUT2D eigenvalue weighted by Crippen LogP contribution is 2.57. The van der Waals surface area contributed by atoms with Crippen LogP contribution >= 0.6 is 0 Å². The second-order valence-electron chi connectivity index (χ2n) is 10.2. The highest BCUT2D eigenvalue weighted by Gasteiger charge is 2.40. The Hall–Kier alpha value is -4.04. The molecule has 2 nitrogen and oxygen atoms in total. The van der Waals surface area contributed by atoms with Gasteiger partial charge < -0.3 is 9.13 Å². The summed E-state index contributed by atoms with van der Waals surface area (Å²) in [6.07, 6.45) is 1.07. The first-order valence-electron chi connectivity index (χ1n) is 12.6. The van der Waals surface area contributed by atoms with Crippen LogP contribution in [-0.4, -0.2) is 9.13 Å². The van der Waals surface area contributed by atoms with E-state index in [0.29, 0.717) is 11.8 Å². The summed E-state index contributed by atoms with van der Waals surface area (Å²) in [6.45, 7) is 0. The van der Waals surface area contributed by atoms with Crippen molar-refractivity contribution in [2.75, 3.05) is 0 Å². The monoisotopic (exact) mass is 450 g/mol. The van der Waals surface area contributed by atoms with Gasteiger partial charge in [-0.25, -0.2) is 0 Å². The fourth-order valence-electron chi connectivity index (χ4n) is 7.27. The van der Waals surface area contributed by atoms with E-state index < -0.39 is 0 Å². The van der Waals surface area contributed by atoms with Gasteiger partial charge in [-0.05, 0) is 40.8 Å². The lowest BCUT2D eigenvalue weighted by atomic mass is 9.85. The molecule has 4 aromatic carbocycles. The van der Waals surface area contributed by atoms with Crippen molar-refractivity contribution in [3.8, 4) is 22.3 Å². The Labute approximate surface area is 205 Å². The van der Waals surface area contributed by atoms with Crippen molar-refractivity contribution in [3.63, 3.8) is 0 Å². The first-order chi connectivity index (χ1) is 17.2. The fraction of sp³-hybridized carbons (Fsp3) is 0.152. The number of aryl methyl sites for hydroxylation is 2. The molecule has 0 saturated carbocycles. The molecule has 6 aromatic rings. The van der Waals surface area contributed by atoms with Crippen LogP contribution in [0.4, 0.5) is 0 Å². The van der Waals surface area contributed by atoms with Gasteiger partial charge in [0, 0.05) is 70.3 Å². The van der Waals surface area contributed by atoms with Crippen molar-refractivity contribution in [1.82, 2.24) is 9.13 Å². The maximum absolute atomic E-state index is 2.46. The molecule has 8 rings (SSSR count). The van der Waals surface area contributed by atoms with E-state index in [1.807, 2.05) is 0 Å². The zero-order valence-corrected chi connectivity index (χ0v) is 20.0. The van der Waals surface area contributed by atoms with Gasteiger partial charge >= 0.3 is 0 Å². The van der Waals surface area contributed by atoms with Crippen molar-refractivity contribution >= 4 is 21.8 Å². The highest BCUT2D eigenvalue weighted by molar-refractivity contribution is 6.03. The van der Waals surface area contributed by atoms with E-state index in [2.05, 4.69) is 120 Å². The lowest BCUT2D eigenvalue weighted by Gasteiger charge is -2.22. The van der Waals surface area contributed by atoms with Gasteiger partial charge in [0.2, 0.25) is 0 Å². The van der Waals surface area contributed by atoms with Crippen LogP contribution < -0.4 is 0 Å². The summed E-state index contributed by atoms with van der Waals surface area (Å²) in [5, 5.41) is 2.74. The third-order valence-corrected chi connectivity index (χ3v) is 8.65. The Morgan fingerprint density at radius 3 is 1.40 bits per heavy atom. The van der Waals surface area contributed by atoms with E-state index in [0.717, 1.165) is 6.42 Å². The molecule has 2 aliphatic rings. The summed E-state index contributed by atoms with van der Waals surface area (Å²) in [5.41, 5.74) is 14.2. The molecule has 2 aromatic heterocycles. The number of nitrogens with zero attached hydrogens (tertiary/aromatic N) is 2.